The lowest BCUT2D eigenvalue weighted by Crippen LogP contribution is -2.63. The minimum absolute atomic E-state index is 0.00243. The maximum atomic E-state index is 13.2. The summed E-state index contributed by atoms with van der Waals surface area (Å²) < 4.78 is 12.3. The minimum Gasteiger partial charge on any atom is -0.488 e. The molecule has 4 unspecified atom stereocenters. The summed E-state index contributed by atoms with van der Waals surface area (Å²) >= 11 is 2.18. The summed E-state index contributed by atoms with van der Waals surface area (Å²) in [6.07, 6.45) is 4.32. The second kappa shape index (κ2) is 13.2. The molecule has 1 fully saturated rings. The molecule has 1 aromatic rings. The molecule has 1 aromatic carbocycles. The number of aliphatic hydroxyl groups excluding tert-OH is 1. The Labute approximate surface area is 230 Å². The molecule has 200 valence electrons. The van der Waals surface area contributed by atoms with E-state index in [0.717, 1.165) is 15.6 Å². The fourth-order valence-electron chi connectivity index (χ4n) is 4.66. The van der Waals surface area contributed by atoms with E-state index in [2.05, 4.69) is 35.7 Å². The quantitative estimate of drug-likeness (QED) is 0.0638. The standard InChI is InChI=1S/C27H32INO8/c1-5-12-34-27(33)24-19(15-35-21-10-9-18(8-7-11-30)14-20(21)28)16(3)23-22(25(31)29(23)24)17(4)26(32)37-36-13-6-2/h5-6,9-10,14,16-17,22-23,30H,1-2,7-8,11-13,15H2,3-4H3. The molecule has 2 heterocycles. The van der Waals surface area contributed by atoms with E-state index in [0.29, 0.717) is 17.7 Å². The summed E-state index contributed by atoms with van der Waals surface area (Å²) in [6, 6.07) is 5.37. The van der Waals surface area contributed by atoms with Crippen LogP contribution in [0.15, 0.2) is 54.8 Å². The van der Waals surface area contributed by atoms with Gasteiger partial charge in [-0.3, -0.25) is 9.68 Å². The molecule has 0 radical (unpaired) electrons. The number of benzene rings is 1. The van der Waals surface area contributed by atoms with Crippen LogP contribution in [-0.4, -0.2) is 60.3 Å². The lowest BCUT2D eigenvalue weighted by Gasteiger charge is -2.47. The van der Waals surface area contributed by atoms with Crippen LogP contribution in [0.1, 0.15) is 25.8 Å². The van der Waals surface area contributed by atoms with Crippen LogP contribution < -0.4 is 4.74 Å². The van der Waals surface area contributed by atoms with Gasteiger partial charge in [-0.1, -0.05) is 38.6 Å². The fraction of sp³-hybridized carbons (Fsp3) is 0.444. The van der Waals surface area contributed by atoms with Crippen molar-refractivity contribution in [1.29, 1.82) is 0 Å². The van der Waals surface area contributed by atoms with Crippen molar-refractivity contribution in [3.8, 4) is 5.75 Å². The molecule has 0 aliphatic carbocycles. The van der Waals surface area contributed by atoms with Gasteiger partial charge < -0.3 is 19.5 Å². The molecule has 1 saturated heterocycles. The number of ether oxygens (including phenoxy) is 2. The molecule has 9 nitrogen and oxygen atoms in total. The Morgan fingerprint density at radius 3 is 2.62 bits per heavy atom. The molecule has 1 amide bonds. The lowest BCUT2D eigenvalue weighted by molar-refractivity contribution is -0.271. The Morgan fingerprint density at radius 1 is 1.24 bits per heavy atom. The van der Waals surface area contributed by atoms with E-state index < -0.39 is 29.8 Å². The largest absolute Gasteiger partial charge is 0.488 e. The van der Waals surface area contributed by atoms with Gasteiger partial charge in [-0.15, -0.1) is 6.58 Å². The number of carbonyl (C=O) groups excluding carboxylic acids is 3. The number of aryl methyl sites for hydroxylation is 1. The average Bonchev–Trinajstić information content (AvgIpc) is 3.13. The van der Waals surface area contributed by atoms with Crippen LogP contribution in [0.4, 0.5) is 0 Å². The fourth-order valence-corrected chi connectivity index (χ4v) is 5.40. The first kappa shape index (κ1) is 28.9. The van der Waals surface area contributed by atoms with Crippen LogP contribution in [0, 0.1) is 21.3 Å². The zero-order chi connectivity index (χ0) is 27.1. The molecule has 2 aliphatic heterocycles. The number of amides is 1. The molecule has 37 heavy (non-hydrogen) atoms. The Kier molecular flexibility index (Phi) is 10.3. The van der Waals surface area contributed by atoms with E-state index >= 15 is 0 Å². The van der Waals surface area contributed by atoms with Crippen molar-refractivity contribution in [2.24, 2.45) is 17.8 Å². The SMILES string of the molecule is C=CCOOC(=O)C(C)C1C(=O)N2C(C(=O)OCC=C)=C(COc3ccc(CCCO)cc3I)C(C)C12. The average molecular weight is 625 g/mol. The number of halogens is 1. The lowest BCUT2D eigenvalue weighted by atomic mass is 9.74. The minimum atomic E-state index is -0.779. The molecule has 1 N–H and O–H groups in total. The number of carbonyl (C=O) groups is 3. The van der Waals surface area contributed by atoms with Gasteiger partial charge in [0.25, 0.3) is 0 Å². The Balaban J connectivity index is 1.81. The van der Waals surface area contributed by atoms with Crippen LogP contribution in [-0.2, 0) is 35.3 Å². The van der Waals surface area contributed by atoms with E-state index in [1.165, 1.54) is 17.1 Å². The molecular formula is C27H32INO8. The highest BCUT2D eigenvalue weighted by Gasteiger charge is 2.61. The van der Waals surface area contributed by atoms with Gasteiger partial charge >= 0.3 is 11.9 Å². The van der Waals surface area contributed by atoms with Gasteiger partial charge in [-0.2, -0.15) is 4.89 Å². The van der Waals surface area contributed by atoms with Crippen LogP contribution in [0.25, 0.3) is 0 Å². The van der Waals surface area contributed by atoms with Crippen LogP contribution in [0.3, 0.4) is 0 Å². The van der Waals surface area contributed by atoms with Gasteiger partial charge in [-0.25, -0.2) is 9.59 Å². The number of hydrogen-bond donors (Lipinski definition) is 1. The number of nitrogens with zero attached hydrogens (tertiary/aromatic N) is 1. The number of fused-ring (bicyclic) bond motifs is 1. The van der Waals surface area contributed by atoms with Crippen molar-refractivity contribution >= 4 is 40.4 Å². The van der Waals surface area contributed by atoms with Gasteiger partial charge in [0.2, 0.25) is 5.91 Å². The first-order valence-corrected chi connectivity index (χ1v) is 13.1. The monoisotopic (exact) mass is 625 g/mol. The molecule has 0 saturated carbocycles. The van der Waals surface area contributed by atoms with Crippen molar-refractivity contribution in [1.82, 2.24) is 4.90 Å². The van der Waals surface area contributed by atoms with Crippen LogP contribution in [0.2, 0.25) is 0 Å². The normalized spacial score (nSPS) is 21.1. The highest BCUT2D eigenvalue weighted by Crippen LogP contribution is 2.49. The molecular weight excluding hydrogens is 593 g/mol. The number of rotatable bonds is 14. The Morgan fingerprint density at radius 2 is 1.97 bits per heavy atom. The highest BCUT2D eigenvalue weighted by molar-refractivity contribution is 14.1. The summed E-state index contributed by atoms with van der Waals surface area (Å²) in [5, 5.41) is 9.07. The topological polar surface area (TPSA) is 112 Å². The second-order valence-corrected chi connectivity index (χ2v) is 10.1. The molecule has 0 aromatic heterocycles. The van der Waals surface area contributed by atoms with Crippen molar-refractivity contribution in [2.45, 2.75) is 32.7 Å². The number of β-lactam (4-membered cyclic amide) rings is 1. The van der Waals surface area contributed by atoms with E-state index in [1.807, 2.05) is 25.1 Å². The summed E-state index contributed by atoms with van der Waals surface area (Å²) in [5.74, 6) is -2.74. The third-order valence-electron chi connectivity index (χ3n) is 6.56. The van der Waals surface area contributed by atoms with E-state index in [-0.39, 0.29) is 43.9 Å². The third kappa shape index (κ3) is 6.24. The van der Waals surface area contributed by atoms with Crippen molar-refractivity contribution in [3.05, 3.63) is 63.9 Å². The van der Waals surface area contributed by atoms with Crippen LogP contribution in [0.5, 0.6) is 5.75 Å². The van der Waals surface area contributed by atoms with Crippen LogP contribution >= 0.6 is 22.6 Å². The van der Waals surface area contributed by atoms with E-state index in [1.54, 1.807) is 6.92 Å². The first-order valence-electron chi connectivity index (χ1n) is 12.1. The second-order valence-electron chi connectivity index (χ2n) is 8.92. The van der Waals surface area contributed by atoms with Gasteiger partial charge in [-0.05, 0) is 53.1 Å². The maximum Gasteiger partial charge on any atom is 0.355 e. The number of esters is 1. The number of hydrogen-bond acceptors (Lipinski definition) is 8. The number of aliphatic hydroxyl groups is 1. The maximum absolute atomic E-state index is 13.2. The highest BCUT2D eigenvalue weighted by atomic mass is 127. The molecule has 0 bridgehead atoms. The van der Waals surface area contributed by atoms with Crippen molar-refractivity contribution in [3.63, 3.8) is 0 Å². The zero-order valence-corrected chi connectivity index (χ0v) is 23.1. The molecule has 0 spiro atoms. The summed E-state index contributed by atoms with van der Waals surface area (Å²) in [6.45, 7) is 10.8. The molecule has 10 heteroatoms. The Bertz CT molecular complexity index is 1080. The Hall–Kier alpha value is -2.70. The van der Waals surface area contributed by atoms with Gasteiger partial charge in [0.15, 0.2) is 0 Å². The summed E-state index contributed by atoms with van der Waals surface area (Å²) in [4.78, 5) is 49.6. The van der Waals surface area contributed by atoms with Gasteiger partial charge in [0.05, 0.1) is 21.4 Å². The van der Waals surface area contributed by atoms with E-state index in [4.69, 9.17) is 24.4 Å². The first-order chi connectivity index (χ1) is 17.8. The van der Waals surface area contributed by atoms with Gasteiger partial charge in [0, 0.05) is 18.1 Å². The molecule has 4 atom stereocenters. The van der Waals surface area contributed by atoms with Crippen molar-refractivity contribution in [2.75, 3.05) is 26.4 Å². The zero-order valence-electron chi connectivity index (χ0n) is 21.0. The van der Waals surface area contributed by atoms with E-state index in [9.17, 15) is 14.4 Å². The molecule has 2 aliphatic rings. The summed E-state index contributed by atoms with van der Waals surface area (Å²) in [7, 11) is 0. The van der Waals surface area contributed by atoms with Gasteiger partial charge in [0.1, 0.15) is 31.3 Å². The summed E-state index contributed by atoms with van der Waals surface area (Å²) in [5.41, 5.74) is 1.86. The molecule has 3 rings (SSSR count). The third-order valence-corrected chi connectivity index (χ3v) is 7.40. The predicted molar refractivity (Wildman–Crippen MR) is 143 cm³/mol. The predicted octanol–water partition coefficient (Wildman–Crippen LogP) is 3.35. The van der Waals surface area contributed by atoms with Crippen molar-refractivity contribution < 1.29 is 38.7 Å². The smallest absolute Gasteiger partial charge is 0.355 e.